The second kappa shape index (κ2) is 4.95. The van der Waals surface area contributed by atoms with Crippen LogP contribution in [0.15, 0.2) is 55.1 Å². The highest BCUT2D eigenvalue weighted by Crippen LogP contribution is 2.23. The molecule has 0 amide bonds. The molecular formula is C21H18N2. The molecule has 3 aromatic rings. The molecule has 0 bridgehead atoms. The molecule has 1 aromatic heterocycles. The molecule has 23 heavy (non-hydrogen) atoms. The first-order valence-electron chi connectivity index (χ1n) is 8.32. The zero-order valence-electron chi connectivity index (χ0n) is 12.9. The summed E-state index contributed by atoms with van der Waals surface area (Å²) in [6.45, 7) is 0. The Morgan fingerprint density at radius 3 is 2.87 bits per heavy atom. The maximum absolute atomic E-state index is 4.20. The number of benzene rings is 2. The second-order valence-corrected chi connectivity index (χ2v) is 6.40. The van der Waals surface area contributed by atoms with E-state index in [2.05, 4.69) is 58.1 Å². The molecule has 1 heterocycles. The lowest BCUT2D eigenvalue weighted by atomic mass is 9.90. The molecule has 2 aliphatic rings. The van der Waals surface area contributed by atoms with E-state index < -0.39 is 0 Å². The fraction of sp³-hybridized carbons (Fsp3) is 0.190. The van der Waals surface area contributed by atoms with Gasteiger partial charge in [-0.15, -0.1) is 0 Å². The Bertz CT molecular complexity index is 1040. The molecule has 0 radical (unpaired) electrons. The van der Waals surface area contributed by atoms with E-state index in [0.29, 0.717) is 0 Å². The summed E-state index contributed by atoms with van der Waals surface area (Å²) in [6, 6.07) is 9.48. The number of allylic oxidation sites excluding steroid dienone is 2. The van der Waals surface area contributed by atoms with Crippen molar-refractivity contribution >= 4 is 22.9 Å². The number of aryl methyl sites for hydroxylation is 1. The third-order valence-electron chi connectivity index (χ3n) is 5.13. The third-order valence-corrected chi connectivity index (χ3v) is 5.13. The Kier molecular flexibility index (Phi) is 2.77. The van der Waals surface area contributed by atoms with Gasteiger partial charge in [-0.2, -0.15) is 0 Å². The van der Waals surface area contributed by atoms with Crippen molar-refractivity contribution in [3.63, 3.8) is 0 Å². The van der Waals surface area contributed by atoms with Crippen LogP contribution in [0.2, 0.25) is 0 Å². The van der Waals surface area contributed by atoms with Gasteiger partial charge in [-0.25, -0.2) is 4.98 Å². The Balaban J connectivity index is 1.82. The van der Waals surface area contributed by atoms with Gasteiger partial charge in [0.1, 0.15) is 0 Å². The van der Waals surface area contributed by atoms with Gasteiger partial charge in [0.05, 0.1) is 12.4 Å². The van der Waals surface area contributed by atoms with Crippen LogP contribution >= 0.6 is 0 Å². The number of nitrogens with zero attached hydrogens (tertiary/aromatic N) is 2. The van der Waals surface area contributed by atoms with Crippen molar-refractivity contribution < 1.29 is 0 Å². The fourth-order valence-corrected chi connectivity index (χ4v) is 4.01. The van der Waals surface area contributed by atoms with Gasteiger partial charge >= 0.3 is 0 Å². The minimum absolute atomic E-state index is 0.238. The van der Waals surface area contributed by atoms with Crippen LogP contribution in [-0.2, 0) is 6.42 Å². The number of imidazole rings is 1. The summed E-state index contributed by atoms with van der Waals surface area (Å²) in [5, 5.41) is 5.58. The first kappa shape index (κ1) is 12.9. The molecular weight excluding hydrogens is 280 g/mol. The molecule has 2 nitrogen and oxygen atoms in total. The summed E-state index contributed by atoms with van der Waals surface area (Å²) in [4.78, 5) is 4.20. The van der Waals surface area contributed by atoms with Crippen molar-refractivity contribution in [3.8, 4) is 0 Å². The highest BCUT2D eigenvalue weighted by atomic mass is 15.0. The molecule has 2 aliphatic carbocycles. The van der Waals surface area contributed by atoms with Crippen molar-refractivity contribution in [2.75, 3.05) is 0 Å². The van der Waals surface area contributed by atoms with E-state index >= 15 is 0 Å². The molecule has 112 valence electrons. The van der Waals surface area contributed by atoms with Gasteiger partial charge in [0, 0.05) is 12.4 Å². The van der Waals surface area contributed by atoms with Crippen molar-refractivity contribution in [2.45, 2.75) is 25.3 Å². The Labute approximate surface area is 135 Å². The van der Waals surface area contributed by atoms with Crippen LogP contribution in [0, 0.1) is 0 Å². The molecule has 5 rings (SSSR count). The molecule has 0 aliphatic heterocycles. The average Bonchev–Trinajstić information content (AvgIpc) is 3.15. The quantitative estimate of drug-likeness (QED) is 0.675. The monoisotopic (exact) mass is 298 g/mol. The van der Waals surface area contributed by atoms with Gasteiger partial charge < -0.3 is 4.57 Å². The summed E-state index contributed by atoms with van der Waals surface area (Å²) in [7, 11) is 0. The number of hydrogen-bond donors (Lipinski definition) is 0. The zero-order chi connectivity index (χ0) is 15.2. The van der Waals surface area contributed by atoms with E-state index in [9.17, 15) is 0 Å². The highest BCUT2D eigenvalue weighted by Gasteiger charge is 2.16. The lowest BCUT2D eigenvalue weighted by molar-refractivity contribution is 0.694. The first-order valence-corrected chi connectivity index (χ1v) is 8.32. The van der Waals surface area contributed by atoms with E-state index in [0.717, 1.165) is 0 Å². The summed E-state index contributed by atoms with van der Waals surface area (Å²) >= 11 is 0. The highest BCUT2D eigenvalue weighted by molar-refractivity contribution is 5.87. The number of rotatable bonds is 1. The average molecular weight is 298 g/mol. The number of hydrogen-bond acceptors (Lipinski definition) is 1. The summed E-state index contributed by atoms with van der Waals surface area (Å²) in [5.41, 5.74) is 2.86. The van der Waals surface area contributed by atoms with Crippen LogP contribution in [0.3, 0.4) is 0 Å². The van der Waals surface area contributed by atoms with E-state index in [1.54, 1.807) is 0 Å². The molecule has 0 spiro atoms. The Morgan fingerprint density at radius 2 is 1.96 bits per heavy atom. The standard InChI is InChI=1S/C21H18N2/c1-2-5-16-15(4-1)8-9-19-17-6-3-7-21(23-13-12-22-14-23)20(17)11-10-18(16)19/h3,5-14,21H,1-2,4H2. The van der Waals surface area contributed by atoms with Crippen LogP contribution in [0.25, 0.3) is 22.9 Å². The van der Waals surface area contributed by atoms with Crippen LogP contribution in [0.1, 0.15) is 30.0 Å². The zero-order valence-corrected chi connectivity index (χ0v) is 12.9. The van der Waals surface area contributed by atoms with Crippen LogP contribution in [0.5, 0.6) is 0 Å². The molecule has 2 aromatic carbocycles. The van der Waals surface area contributed by atoms with E-state index in [1.807, 2.05) is 18.7 Å². The predicted molar refractivity (Wildman–Crippen MR) is 94.6 cm³/mol. The first-order chi connectivity index (χ1) is 11.4. The minimum Gasteiger partial charge on any atom is -0.326 e. The van der Waals surface area contributed by atoms with Crippen molar-refractivity contribution in [1.82, 2.24) is 9.55 Å². The van der Waals surface area contributed by atoms with Crippen molar-refractivity contribution in [2.24, 2.45) is 0 Å². The molecule has 0 N–H and O–H groups in total. The van der Waals surface area contributed by atoms with Gasteiger partial charge in [-0.3, -0.25) is 0 Å². The number of aromatic nitrogens is 2. The lowest BCUT2D eigenvalue weighted by Crippen LogP contribution is -2.23. The Hall–Kier alpha value is -2.61. The SMILES string of the molecule is C1=CC(n2ccnc2)c2ccc3c4c(ccc3c2=C1)CCCC=4. The summed E-state index contributed by atoms with van der Waals surface area (Å²) in [6.07, 6.45) is 18.5. The molecule has 1 atom stereocenters. The maximum Gasteiger partial charge on any atom is 0.0954 e. The maximum atomic E-state index is 4.20. The smallest absolute Gasteiger partial charge is 0.0954 e. The molecule has 1 unspecified atom stereocenters. The topological polar surface area (TPSA) is 17.8 Å². The van der Waals surface area contributed by atoms with Crippen LogP contribution < -0.4 is 10.4 Å². The summed E-state index contributed by atoms with van der Waals surface area (Å²) < 4.78 is 2.17. The summed E-state index contributed by atoms with van der Waals surface area (Å²) in [5.74, 6) is 0. The predicted octanol–water partition coefficient (Wildman–Crippen LogP) is 3.09. The van der Waals surface area contributed by atoms with Crippen molar-refractivity contribution in [3.05, 3.63) is 76.7 Å². The van der Waals surface area contributed by atoms with Gasteiger partial charge in [0.2, 0.25) is 0 Å². The minimum atomic E-state index is 0.238. The number of fused-ring (bicyclic) bond motifs is 5. The van der Waals surface area contributed by atoms with Gasteiger partial charge in [-0.1, -0.05) is 48.6 Å². The van der Waals surface area contributed by atoms with Gasteiger partial charge in [0.15, 0.2) is 0 Å². The van der Waals surface area contributed by atoms with Crippen LogP contribution in [0.4, 0.5) is 0 Å². The van der Waals surface area contributed by atoms with E-state index in [-0.39, 0.29) is 6.04 Å². The van der Waals surface area contributed by atoms with Gasteiger partial charge in [-0.05, 0) is 51.6 Å². The Morgan fingerprint density at radius 1 is 1.04 bits per heavy atom. The van der Waals surface area contributed by atoms with E-state index in [4.69, 9.17) is 0 Å². The van der Waals surface area contributed by atoms with Crippen molar-refractivity contribution in [1.29, 1.82) is 0 Å². The van der Waals surface area contributed by atoms with Gasteiger partial charge in [0.25, 0.3) is 0 Å². The fourth-order valence-electron chi connectivity index (χ4n) is 4.01. The molecule has 2 heteroatoms. The largest absolute Gasteiger partial charge is 0.326 e. The lowest BCUT2D eigenvalue weighted by Gasteiger charge is -2.20. The normalized spacial score (nSPS) is 18.9. The third kappa shape index (κ3) is 1.91. The molecule has 0 saturated heterocycles. The molecule has 0 fully saturated rings. The van der Waals surface area contributed by atoms with Crippen LogP contribution in [-0.4, -0.2) is 9.55 Å². The molecule has 0 saturated carbocycles. The van der Waals surface area contributed by atoms with E-state index in [1.165, 1.54) is 51.6 Å². The second-order valence-electron chi connectivity index (χ2n) is 6.40.